The van der Waals surface area contributed by atoms with Gasteiger partial charge in [-0.05, 0) is 31.3 Å². The third kappa shape index (κ3) is 4.52. The first-order chi connectivity index (χ1) is 13.9. The van der Waals surface area contributed by atoms with Crippen LogP contribution in [-0.4, -0.2) is 41.3 Å². The highest BCUT2D eigenvalue weighted by molar-refractivity contribution is 7.71. The molecule has 29 heavy (non-hydrogen) atoms. The van der Waals surface area contributed by atoms with Crippen molar-refractivity contribution in [1.82, 2.24) is 14.9 Å². The number of carbonyl (C=O) groups excluding carboxylic acids is 1. The van der Waals surface area contributed by atoms with Crippen molar-refractivity contribution in [3.8, 4) is 28.6 Å². The van der Waals surface area contributed by atoms with Crippen LogP contribution in [0.1, 0.15) is 18.1 Å². The number of aryl methyl sites for hydroxylation is 1. The first-order valence-corrected chi connectivity index (χ1v) is 9.07. The predicted molar refractivity (Wildman–Crippen MR) is 111 cm³/mol. The van der Waals surface area contributed by atoms with Gasteiger partial charge in [-0.1, -0.05) is 29.8 Å². The molecule has 8 nitrogen and oxygen atoms in total. The molecule has 1 N–H and O–H groups in total. The number of aromatic amines is 1. The van der Waals surface area contributed by atoms with Crippen molar-refractivity contribution < 1.29 is 19.0 Å². The maximum atomic E-state index is 11.4. The molecule has 150 valence electrons. The van der Waals surface area contributed by atoms with Crippen LogP contribution in [0.4, 0.5) is 0 Å². The van der Waals surface area contributed by atoms with Gasteiger partial charge in [-0.25, -0.2) is 5.10 Å². The zero-order valence-corrected chi connectivity index (χ0v) is 17.2. The van der Waals surface area contributed by atoms with E-state index in [1.54, 1.807) is 18.3 Å². The molecule has 0 fully saturated rings. The molecule has 0 amide bonds. The Morgan fingerprint density at radius 2 is 1.79 bits per heavy atom. The van der Waals surface area contributed by atoms with E-state index in [0.29, 0.717) is 27.7 Å². The van der Waals surface area contributed by atoms with Gasteiger partial charge in [0.1, 0.15) is 0 Å². The van der Waals surface area contributed by atoms with Gasteiger partial charge in [0.05, 0.1) is 20.4 Å². The van der Waals surface area contributed by atoms with Crippen LogP contribution in [0.3, 0.4) is 0 Å². The lowest BCUT2D eigenvalue weighted by Crippen LogP contribution is -2.05. The fourth-order valence-electron chi connectivity index (χ4n) is 2.63. The number of hydrogen-bond donors (Lipinski definition) is 1. The van der Waals surface area contributed by atoms with Gasteiger partial charge in [-0.2, -0.15) is 14.9 Å². The largest absolute Gasteiger partial charge is 0.493 e. The van der Waals surface area contributed by atoms with Gasteiger partial charge < -0.3 is 14.2 Å². The van der Waals surface area contributed by atoms with E-state index in [-0.39, 0.29) is 5.75 Å². The Morgan fingerprint density at radius 3 is 2.34 bits per heavy atom. The highest BCUT2D eigenvalue weighted by Gasteiger charge is 2.16. The van der Waals surface area contributed by atoms with Crippen molar-refractivity contribution in [3.05, 3.63) is 52.3 Å². The van der Waals surface area contributed by atoms with Crippen molar-refractivity contribution in [1.29, 1.82) is 0 Å². The van der Waals surface area contributed by atoms with Crippen LogP contribution in [0.5, 0.6) is 17.2 Å². The van der Waals surface area contributed by atoms with E-state index in [0.717, 1.165) is 11.1 Å². The normalized spacial score (nSPS) is 10.9. The molecule has 0 aliphatic heterocycles. The third-order valence-corrected chi connectivity index (χ3v) is 4.28. The lowest BCUT2D eigenvalue weighted by atomic mass is 10.1. The Bertz CT molecular complexity index is 1090. The number of hydrogen-bond acceptors (Lipinski definition) is 7. The molecule has 0 saturated carbocycles. The van der Waals surface area contributed by atoms with E-state index < -0.39 is 5.97 Å². The number of ether oxygens (including phenoxy) is 3. The summed E-state index contributed by atoms with van der Waals surface area (Å²) in [6.45, 7) is 3.32. The number of esters is 1. The van der Waals surface area contributed by atoms with Crippen LogP contribution in [0, 0.1) is 11.7 Å². The highest BCUT2D eigenvalue weighted by Crippen LogP contribution is 2.38. The lowest BCUT2D eigenvalue weighted by molar-refractivity contribution is -0.132. The van der Waals surface area contributed by atoms with E-state index in [1.807, 2.05) is 31.2 Å². The Balaban J connectivity index is 2.00. The summed E-state index contributed by atoms with van der Waals surface area (Å²) < 4.78 is 17.7. The van der Waals surface area contributed by atoms with Crippen molar-refractivity contribution >= 4 is 24.4 Å². The van der Waals surface area contributed by atoms with Crippen LogP contribution < -0.4 is 14.2 Å². The Hall–Kier alpha value is -3.46. The van der Waals surface area contributed by atoms with Crippen molar-refractivity contribution in [2.24, 2.45) is 5.10 Å². The van der Waals surface area contributed by atoms with Gasteiger partial charge in [-0.3, -0.25) is 4.79 Å². The summed E-state index contributed by atoms with van der Waals surface area (Å²) in [4.78, 5) is 11.4. The molecule has 0 aliphatic rings. The van der Waals surface area contributed by atoms with Crippen LogP contribution >= 0.6 is 12.2 Å². The first kappa shape index (κ1) is 20.3. The summed E-state index contributed by atoms with van der Waals surface area (Å²) >= 11 is 5.30. The Kier molecular flexibility index (Phi) is 6.08. The molecular formula is C20H20N4O4S. The third-order valence-electron chi connectivity index (χ3n) is 4.01. The van der Waals surface area contributed by atoms with E-state index in [4.69, 9.17) is 26.4 Å². The molecule has 3 rings (SSSR count). The molecule has 9 heteroatoms. The van der Waals surface area contributed by atoms with Gasteiger partial charge in [-0.15, -0.1) is 0 Å². The maximum absolute atomic E-state index is 11.4. The van der Waals surface area contributed by atoms with Gasteiger partial charge in [0.25, 0.3) is 0 Å². The minimum atomic E-state index is -0.476. The fraction of sp³-hybridized carbons (Fsp3) is 0.200. The molecule has 0 unspecified atom stereocenters. The highest BCUT2D eigenvalue weighted by atomic mass is 32.1. The first-order valence-electron chi connectivity index (χ1n) is 8.66. The van der Waals surface area contributed by atoms with Crippen LogP contribution in [0.15, 0.2) is 41.5 Å². The minimum absolute atomic E-state index is 0.208. The average molecular weight is 412 g/mol. The number of methoxy groups -OCH3 is 2. The van der Waals surface area contributed by atoms with Gasteiger partial charge >= 0.3 is 5.97 Å². The van der Waals surface area contributed by atoms with Crippen LogP contribution in [0.25, 0.3) is 11.4 Å². The number of benzene rings is 2. The number of nitrogens with zero attached hydrogens (tertiary/aromatic N) is 3. The van der Waals surface area contributed by atoms with E-state index in [9.17, 15) is 4.79 Å². The summed E-state index contributed by atoms with van der Waals surface area (Å²) in [7, 11) is 2.95. The quantitative estimate of drug-likeness (QED) is 0.287. The molecule has 3 aromatic rings. The van der Waals surface area contributed by atoms with Crippen molar-refractivity contribution in [2.75, 3.05) is 14.2 Å². The van der Waals surface area contributed by atoms with E-state index in [1.165, 1.54) is 25.8 Å². The lowest BCUT2D eigenvalue weighted by Gasteiger charge is -2.13. The second kappa shape index (κ2) is 8.70. The summed E-state index contributed by atoms with van der Waals surface area (Å²) in [6.07, 6.45) is 1.59. The summed E-state index contributed by atoms with van der Waals surface area (Å²) in [5.74, 6) is 1.00. The average Bonchev–Trinajstić information content (AvgIpc) is 3.07. The van der Waals surface area contributed by atoms with Gasteiger partial charge in [0.15, 0.2) is 17.3 Å². The van der Waals surface area contributed by atoms with Crippen LogP contribution in [-0.2, 0) is 4.79 Å². The molecule has 0 spiro atoms. The molecule has 0 atom stereocenters. The molecule has 1 aromatic heterocycles. The maximum Gasteiger partial charge on any atom is 0.308 e. The van der Waals surface area contributed by atoms with Crippen molar-refractivity contribution in [3.63, 3.8) is 0 Å². The second-order valence-electron chi connectivity index (χ2n) is 6.12. The number of carbonyl (C=O) groups is 1. The molecule has 0 radical (unpaired) electrons. The van der Waals surface area contributed by atoms with E-state index >= 15 is 0 Å². The molecule has 0 bridgehead atoms. The smallest absolute Gasteiger partial charge is 0.308 e. The second-order valence-corrected chi connectivity index (χ2v) is 6.51. The standard InChI is InChI=1S/C20H20N4O4S/c1-12-5-7-15(8-6-12)19-22-23-20(29)24(19)21-11-14-9-16(26-3)18(28-13(2)25)17(10-14)27-4/h5-11H,1-4H3,(H,23,29). The molecule has 2 aromatic carbocycles. The predicted octanol–water partition coefficient (Wildman–Crippen LogP) is 3.74. The van der Waals surface area contributed by atoms with E-state index in [2.05, 4.69) is 15.3 Å². The molecular weight excluding hydrogens is 392 g/mol. The molecule has 0 aliphatic carbocycles. The fourth-order valence-corrected chi connectivity index (χ4v) is 2.81. The Labute approximate surface area is 172 Å². The minimum Gasteiger partial charge on any atom is -0.493 e. The summed E-state index contributed by atoms with van der Waals surface area (Å²) in [5.41, 5.74) is 2.68. The number of aromatic nitrogens is 3. The van der Waals surface area contributed by atoms with Gasteiger partial charge in [0, 0.05) is 18.1 Å². The SMILES string of the molecule is COc1cc(C=Nn2c(-c3ccc(C)cc3)n[nH]c2=S)cc(OC)c1OC(C)=O. The monoisotopic (exact) mass is 412 g/mol. The van der Waals surface area contributed by atoms with Gasteiger partial charge in [0.2, 0.25) is 10.5 Å². The number of H-pyrrole nitrogens is 1. The number of rotatable bonds is 6. The number of nitrogens with one attached hydrogen (secondary N) is 1. The summed E-state index contributed by atoms with van der Waals surface area (Å²) in [6, 6.07) is 11.2. The van der Waals surface area contributed by atoms with Crippen molar-refractivity contribution in [2.45, 2.75) is 13.8 Å². The molecule has 0 saturated heterocycles. The summed E-state index contributed by atoms with van der Waals surface area (Å²) in [5, 5.41) is 11.5. The van der Waals surface area contributed by atoms with Crippen LogP contribution in [0.2, 0.25) is 0 Å². The zero-order chi connectivity index (χ0) is 21.0. The zero-order valence-electron chi connectivity index (χ0n) is 16.4. The topological polar surface area (TPSA) is 90.7 Å². The molecule has 1 heterocycles. The Morgan fingerprint density at radius 1 is 1.17 bits per heavy atom.